The Hall–Kier alpha value is -5.00. The molecule has 1 amide bonds. The first-order valence-electron chi connectivity index (χ1n) is 10.3. The van der Waals surface area contributed by atoms with Gasteiger partial charge in [-0.05, 0) is 23.8 Å². The molecule has 0 aliphatic carbocycles. The molecular weight excluding hydrogens is 484 g/mol. The molecule has 0 bridgehead atoms. The Morgan fingerprint density at radius 3 is 1.81 bits per heavy atom. The van der Waals surface area contributed by atoms with E-state index in [9.17, 15) is 28.8 Å². The average molecular weight is 513 g/mol. The van der Waals surface area contributed by atoms with Crippen molar-refractivity contribution < 1.29 is 38.2 Å². The number of nitrogens with one attached hydrogen (secondary N) is 3. The number of benzene rings is 1. The lowest BCUT2D eigenvalue weighted by Crippen LogP contribution is -2.27. The number of nitrogens with two attached hydrogens (primary N) is 1. The molecule has 0 aromatic heterocycles. The molecule has 0 saturated heterocycles. The fourth-order valence-electron chi connectivity index (χ4n) is 2.24. The normalized spacial score (nSPS) is 10.0. The Balaban J connectivity index is 0.000000757. The van der Waals surface area contributed by atoms with E-state index in [1.54, 1.807) is 12.1 Å². The van der Waals surface area contributed by atoms with Crippen molar-refractivity contribution in [2.24, 2.45) is 5.73 Å². The lowest BCUT2D eigenvalue weighted by Gasteiger charge is -2.06. The number of hydrogen-bond donors (Lipinski definition) is 4. The molecule has 0 saturated carbocycles. The van der Waals surface area contributed by atoms with Crippen LogP contribution in [0, 0.1) is 10.8 Å². The first kappa shape index (κ1) is 32.0. The standard InChI is InChI=1S/C15H15N3O4.C10H13NO4/c1-8(19)13(16)12(21)7-10-3-5-11(6-4-10)18-15(22)14(17)9(2)20;1-6(9(12)14-3)5-8(11)7(2)10(13)15-4/h3-6,16-17H,7H2,1-2H3,(H,18,22);5H,1-2,11H2,3-4H3/b;8-5+. The molecule has 0 aliphatic heterocycles. The Labute approximate surface area is 213 Å². The fraction of sp³-hybridized carbons (Fsp3) is 0.200. The number of ether oxygens (including phenoxy) is 2. The van der Waals surface area contributed by atoms with Crippen LogP contribution in [0.2, 0.25) is 0 Å². The summed E-state index contributed by atoms with van der Waals surface area (Å²) in [6, 6.07) is 6.12. The number of carbonyl (C=O) groups excluding carboxylic acids is 6. The van der Waals surface area contributed by atoms with Gasteiger partial charge in [-0.2, -0.15) is 0 Å². The molecule has 0 heterocycles. The average Bonchev–Trinajstić information content (AvgIpc) is 2.87. The minimum absolute atomic E-state index is 0.0113. The Kier molecular flexibility index (Phi) is 13.1. The van der Waals surface area contributed by atoms with Gasteiger partial charge < -0.3 is 20.5 Å². The SMILES string of the molecule is C=C(/C=C(/N)C(=C)C(=O)OC)C(=O)OC.CC(=O)C(=N)C(=O)Cc1ccc(NC(=O)C(=N)C(C)=O)cc1. The predicted molar refractivity (Wildman–Crippen MR) is 135 cm³/mol. The number of ketones is 3. The Morgan fingerprint density at radius 1 is 0.892 bits per heavy atom. The molecule has 1 aromatic carbocycles. The van der Waals surface area contributed by atoms with Gasteiger partial charge in [0.1, 0.15) is 5.71 Å². The second-order valence-corrected chi connectivity index (χ2v) is 7.20. The van der Waals surface area contributed by atoms with Gasteiger partial charge in [0.15, 0.2) is 23.1 Å². The first-order valence-corrected chi connectivity index (χ1v) is 10.3. The lowest BCUT2D eigenvalue weighted by atomic mass is 10.0. The molecule has 0 spiro atoms. The summed E-state index contributed by atoms with van der Waals surface area (Å²) in [5.41, 5.74) is 5.23. The van der Waals surface area contributed by atoms with Gasteiger partial charge in [0, 0.05) is 31.7 Å². The van der Waals surface area contributed by atoms with E-state index in [0.717, 1.165) is 13.8 Å². The largest absolute Gasteiger partial charge is 0.465 e. The third kappa shape index (κ3) is 10.9. The van der Waals surface area contributed by atoms with E-state index in [0.29, 0.717) is 11.3 Å². The monoisotopic (exact) mass is 512 g/mol. The van der Waals surface area contributed by atoms with Crippen molar-refractivity contribution >= 4 is 52.3 Å². The number of carbonyl (C=O) groups is 6. The number of Topliss-reactive ketones (excluding diaryl/α,β-unsaturated/α-hetero) is 3. The highest BCUT2D eigenvalue weighted by Gasteiger charge is 2.16. The van der Waals surface area contributed by atoms with E-state index in [-0.39, 0.29) is 23.3 Å². The Bertz CT molecular complexity index is 1130. The van der Waals surface area contributed by atoms with E-state index >= 15 is 0 Å². The van der Waals surface area contributed by atoms with Crippen LogP contribution < -0.4 is 11.1 Å². The van der Waals surface area contributed by atoms with Gasteiger partial charge in [0.2, 0.25) is 0 Å². The molecule has 1 aromatic rings. The van der Waals surface area contributed by atoms with Crippen molar-refractivity contribution in [3.8, 4) is 0 Å². The zero-order chi connectivity index (χ0) is 28.9. The van der Waals surface area contributed by atoms with Crippen LogP contribution in [0.4, 0.5) is 5.69 Å². The maximum atomic E-state index is 11.6. The quantitative estimate of drug-likeness (QED) is 0.110. The van der Waals surface area contributed by atoms with Crippen molar-refractivity contribution in [1.29, 1.82) is 10.8 Å². The molecule has 0 unspecified atom stereocenters. The van der Waals surface area contributed by atoms with Crippen molar-refractivity contribution in [3.05, 3.63) is 65.9 Å². The van der Waals surface area contributed by atoms with E-state index < -0.39 is 46.6 Å². The molecule has 12 nitrogen and oxygen atoms in total. The van der Waals surface area contributed by atoms with Crippen molar-refractivity contribution in [3.63, 3.8) is 0 Å². The van der Waals surface area contributed by atoms with Crippen LogP contribution in [0.15, 0.2) is 60.3 Å². The third-order valence-corrected chi connectivity index (χ3v) is 4.34. The summed E-state index contributed by atoms with van der Waals surface area (Å²) in [4.78, 5) is 66.9. The molecule has 0 radical (unpaired) electrons. The van der Waals surface area contributed by atoms with Crippen LogP contribution in [-0.2, 0) is 44.7 Å². The summed E-state index contributed by atoms with van der Waals surface area (Å²) < 4.78 is 8.79. The number of anilines is 1. The molecule has 37 heavy (non-hydrogen) atoms. The maximum absolute atomic E-state index is 11.6. The van der Waals surface area contributed by atoms with Crippen molar-refractivity contribution in [2.75, 3.05) is 19.5 Å². The van der Waals surface area contributed by atoms with E-state index in [1.807, 2.05) is 0 Å². The number of hydrogen-bond acceptors (Lipinski definition) is 11. The Morgan fingerprint density at radius 2 is 1.38 bits per heavy atom. The third-order valence-electron chi connectivity index (χ3n) is 4.34. The second-order valence-electron chi connectivity index (χ2n) is 7.20. The van der Waals surface area contributed by atoms with Crippen LogP contribution in [-0.4, -0.2) is 60.8 Å². The van der Waals surface area contributed by atoms with Crippen LogP contribution in [0.1, 0.15) is 19.4 Å². The number of amides is 1. The van der Waals surface area contributed by atoms with Crippen molar-refractivity contribution in [1.82, 2.24) is 0 Å². The molecule has 196 valence electrons. The summed E-state index contributed by atoms with van der Waals surface area (Å²) in [5, 5.41) is 16.9. The molecule has 12 heteroatoms. The number of esters is 2. The highest BCUT2D eigenvalue weighted by Crippen LogP contribution is 2.11. The zero-order valence-electron chi connectivity index (χ0n) is 20.9. The summed E-state index contributed by atoms with van der Waals surface area (Å²) in [6.07, 6.45) is 1.11. The number of methoxy groups -OCH3 is 2. The van der Waals surface area contributed by atoms with Gasteiger partial charge in [-0.15, -0.1) is 0 Å². The minimum Gasteiger partial charge on any atom is -0.465 e. The van der Waals surface area contributed by atoms with Gasteiger partial charge in [-0.1, -0.05) is 25.3 Å². The molecule has 0 fully saturated rings. The zero-order valence-corrected chi connectivity index (χ0v) is 20.9. The van der Waals surface area contributed by atoms with Crippen LogP contribution in [0.3, 0.4) is 0 Å². The maximum Gasteiger partial charge on any atom is 0.339 e. The highest BCUT2D eigenvalue weighted by atomic mass is 16.5. The van der Waals surface area contributed by atoms with Crippen LogP contribution in [0.25, 0.3) is 0 Å². The molecule has 0 atom stereocenters. The molecular formula is C25H28N4O8. The summed E-state index contributed by atoms with van der Waals surface area (Å²) >= 11 is 0. The highest BCUT2D eigenvalue weighted by molar-refractivity contribution is 6.66. The van der Waals surface area contributed by atoms with Crippen LogP contribution in [0.5, 0.6) is 0 Å². The molecule has 1 rings (SSSR count). The smallest absolute Gasteiger partial charge is 0.339 e. The van der Waals surface area contributed by atoms with Gasteiger partial charge in [0.25, 0.3) is 5.91 Å². The van der Waals surface area contributed by atoms with Gasteiger partial charge in [-0.3, -0.25) is 30.0 Å². The van der Waals surface area contributed by atoms with Crippen LogP contribution >= 0.6 is 0 Å². The molecule has 0 aliphatic rings. The van der Waals surface area contributed by atoms with Gasteiger partial charge in [-0.25, -0.2) is 9.59 Å². The van der Waals surface area contributed by atoms with E-state index in [1.165, 1.54) is 32.4 Å². The first-order chi connectivity index (χ1) is 17.2. The summed E-state index contributed by atoms with van der Waals surface area (Å²) in [6.45, 7) is 9.09. The lowest BCUT2D eigenvalue weighted by molar-refractivity contribution is -0.136. The van der Waals surface area contributed by atoms with E-state index in [4.69, 9.17) is 16.6 Å². The minimum atomic E-state index is -0.810. The summed E-state index contributed by atoms with van der Waals surface area (Å²) in [5.74, 6) is -3.91. The van der Waals surface area contributed by atoms with Gasteiger partial charge >= 0.3 is 11.9 Å². The predicted octanol–water partition coefficient (Wildman–Crippen LogP) is 1.24. The topological polar surface area (TPSA) is 207 Å². The fourth-order valence-corrected chi connectivity index (χ4v) is 2.24. The van der Waals surface area contributed by atoms with Gasteiger partial charge in [0.05, 0.1) is 25.4 Å². The molecule has 5 N–H and O–H groups in total. The number of rotatable bonds is 11. The van der Waals surface area contributed by atoms with Crippen molar-refractivity contribution in [2.45, 2.75) is 20.3 Å². The summed E-state index contributed by atoms with van der Waals surface area (Å²) in [7, 11) is 2.42. The second kappa shape index (κ2) is 15.1. The van der Waals surface area contributed by atoms with E-state index in [2.05, 4.69) is 27.9 Å².